The third-order valence-corrected chi connectivity index (χ3v) is 6.06. The first-order chi connectivity index (χ1) is 17.3. The Balaban J connectivity index is 0.000000172. The molecule has 0 aliphatic carbocycles. The Labute approximate surface area is 209 Å². The van der Waals surface area contributed by atoms with Crippen LogP contribution in [0.2, 0.25) is 0 Å². The van der Waals surface area contributed by atoms with Crippen molar-refractivity contribution in [2.24, 2.45) is 0 Å². The summed E-state index contributed by atoms with van der Waals surface area (Å²) in [4.78, 5) is 4.29. The van der Waals surface area contributed by atoms with E-state index in [4.69, 9.17) is 0 Å². The number of imidazole rings is 1. The van der Waals surface area contributed by atoms with Gasteiger partial charge in [0.25, 0.3) is 0 Å². The Morgan fingerprint density at radius 2 is 1.14 bits per heavy atom. The van der Waals surface area contributed by atoms with E-state index >= 15 is 0 Å². The molecule has 0 radical (unpaired) electrons. The normalized spacial score (nSPS) is 10.2. The fourth-order valence-corrected chi connectivity index (χ4v) is 4.18. The summed E-state index contributed by atoms with van der Waals surface area (Å²) in [6, 6.07) is 42.0. The lowest BCUT2D eigenvalue weighted by Crippen LogP contribution is -2.40. The van der Waals surface area contributed by atoms with E-state index < -0.39 is 0 Å². The number of rotatable bonds is 8. The number of benzene rings is 4. The van der Waals surface area contributed by atoms with Crippen molar-refractivity contribution < 1.29 is 0 Å². The maximum atomic E-state index is 4.29. The third kappa shape index (κ3) is 7.19. The predicted molar refractivity (Wildman–Crippen MR) is 150 cm³/mol. The van der Waals surface area contributed by atoms with E-state index in [0.29, 0.717) is 6.71 Å². The molecule has 0 aliphatic heterocycles. The molecule has 0 amide bonds. The highest BCUT2D eigenvalue weighted by Crippen LogP contribution is 2.10. The van der Waals surface area contributed by atoms with Crippen LogP contribution in [0, 0.1) is 0 Å². The Kier molecular flexibility index (Phi) is 8.90. The summed E-state index contributed by atoms with van der Waals surface area (Å²) in [5.41, 5.74) is 6.55. The van der Waals surface area contributed by atoms with Crippen LogP contribution in [0.5, 0.6) is 0 Å². The summed E-state index contributed by atoms with van der Waals surface area (Å²) in [7, 11) is 0. The molecule has 0 unspecified atom stereocenters. The highest BCUT2D eigenvalue weighted by molar-refractivity contribution is 6.89. The first-order valence-corrected chi connectivity index (χ1v) is 12.1. The maximum absolute atomic E-state index is 4.29. The average molecular weight is 454 g/mol. The molecule has 4 aromatic carbocycles. The van der Waals surface area contributed by atoms with E-state index in [0.717, 1.165) is 19.4 Å². The standard InChI is InChI=1S/C18H18N2.C14H13B/c1-3-7-16(8-4-1)11-12-20-15-19-14-18(20)13-17-9-5-2-6-10-17;1-2-15(13-9-5-3-6-10-13)14-11-7-4-8-12-14/h1-10,14-15H,11-13H2;2-12H,1H2. The lowest BCUT2D eigenvalue weighted by atomic mass is 9.41. The second-order valence-electron chi connectivity index (χ2n) is 8.51. The molecule has 1 aromatic heterocycles. The van der Waals surface area contributed by atoms with Crippen LogP contribution in [0.1, 0.15) is 16.8 Å². The average Bonchev–Trinajstić information content (AvgIpc) is 3.37. The van der Waals surface area contributed by atoms with Gasteiger partial charge in [-0.1, -0.05) is 132 Å². The zero-order chi connectivity index (χ0) is 24.1. The Morgan fingerprint density at radius 3 is 1.66 bits per heavy atom. The molecule has 0 aliphatic rings. The van der Waals surface area contributed by atoms with Gasteiger partial charge in [-0.05, 0) is 17.5 Å². The molecule has 3 heteroatoms. The van der Waals surface area contributed by atoms with E-state index in [1.807, 2.05) is 30.6 Å². The van der Waals surface area contributed by atoms with Gasteiger partial charge < -0.3 is 4.57 Å². The molecule has 0 saturated heterocycles. The molecule has 0 N–H and O–H groups in total. The lowest BCUT2D eigenvalue weighted by Gasteiger charge is -2.09. The number of hydrogen-bond acceptors (Lipinski definition) is 1. The van der Waals surface area contributed by atoms with Gasteiger partial charge in [-0.15, -0.1) is 12.6 Å². The summed E-state index contributed by atoms with van der Waals surface area (Å²) in [5.74, 6) is 1.99. The van der Waals surface area contributed by atoms with Gasteiger partial charge in [0.2, 0.25) is 6.71 Å². The van der Waals surface area contributed by atoms with Gasteiger partial charge in [0.05, 0.1) is 6.33 Å². The topological polar surface area (TPSA) is 17.8 Å². The zero-order valence-corrected chi connectivity index (χ0v) is 20.1. The van der Waals surface area contributed by atoms with Crippen molar-refractivity contribution in [1.29, 1.82) is 0 Å². The first kappa shape index (κ1) is 24.0. The van der Waals surface area contributed by atoms with Crippen molar-refractivity contribution >= 4 is 17.6 Å². The van der Waals surface area contributed by atoms with E-state index in [1.165, 1.54) is 27.7 Å². The van der Waals surface area contributed by atoms with Gasteiger partial charge in [-0.2, -0.15) is 0 Å². The molecule has 5 aromatic rings. The SMILES string of the molecule is C=CB(c1ccccc1)c1ccccc1.c1ccc(CCn2cncc2Cc2ccccc2)cc1. The van der Waals surface area contributed by atoms with Crippen molar-refractivity contribution in [2.75, 3.05) is 0 Å². The zero-order valence-electron chi connectivity index (χ0n) is 20.1. The molecular formula is C32H31BN2. The van der Waals surface area contributed by atoms with Gasteiger partial charge in [-0.3, -0.25) is 0 Å². The minimum atomic E-state index is 0.299. The molecule has 35 heavy (non-hydrogen) atoms. The molecule has 5 rings (SSSR count). The van der Waals surface area contributed by atoms with Crippen LogP contribution in [-0.4, -0.2) is 16.3 Å². The van der Waals surface area contributed by atoms with Crippen LogP contribution >= 0.6 is 0 Å². The third-order valence-electron chi connectivity index (χ3n) is 6.06. The molecule has 0 saturated carbocycles. The van der Waals surface area contributed by atoms with E-state index in [-0.39, 0.29) is 0 Å². The van der Waals surface area contributed by atoms with Gasteiger partial charge in [0.1, 0.15) is 0 Å². The Bertz CT molecular complexity index is 1230. The summed E-state index contributed by atoms with van der Waals surface area (Å²) >= 11 is 0. The largest absolute Gasteiger partial charge is 0.334 e. The van der Waals surface area contributed by atoms with Crippen LogP contribution < -0.4 is 10.9 Å². The Hall–Kier alpha value is -4.11. The molecule has 0 bridgehead atoms. The summed E-state index contributed by atoms with van der Waals surface area (Å²) in [6.07, 6.45) is 5.88. The predicted octanol–water partition coefficient (Wildman–Crippen LogP) is 5.74. The number of nitrogens with zero attached hydrogens (tertiary/aromatic N) is 2. The van der Waals surface area contributed by atoms with Crippen LogP contribution in [0.3, 0.4) is 0 Å². The fourth-order valence-electron chi connectivity index (χ4n) is 4.18. The second-order valence-corrected chi connectivity index (χ2v) is 8.51. The molecule has 1 heterocycles. The highest BCUT2D eigenvalue weighted by atomic mass is 15.0. The Morgan fingerprint density at radius 1 is 0.657 bits per heavy atom. The van der Waals surface area contributed by atoms with Gasteiger partial charge >= 0.3 is 0 Å². The van der Waals surface area contributed by atoms with Crippen molar-refractivity contribution in [3.05, 3.63) is 163 Å². The van der Waals surface area contributed by atoms with Crippen molar-refractivity contribution in [1.82, 2.24) is 9.55 Å². The van der Waals surface area contributed by atoms with Gasteiger partial charge in [0, 0.05) is 24.9 Å². The van der Waals surface area contributed by atoms with Crippen molar-refractivity contribution in [2.45, 2.75) is 19.4 Å². The number of aromatic nitrogens is 2. The van der Waals surface area contributed by atoms with Crippen LogP contribution in [0.15, 0.2) is 146 Å². The van der Waals surface area contributed by atoms with Gasteiger partial charge in [-0.25, -0.2) is 4.98 Å². The van der Waals surface area contributed by atoms with Crippen LogP contribution in [0.25, 0.3) is 0 Å². The minimum absolute atomic E-state index is 0.299. The molecule has 0 spiro atoms. The summed E-state index contributed by atoms with van der Waals surface area (Å²) in [5, 5.41) is 0. The molecule has 172 valence electrons. The van der Waals surface area contributed by atoms with E-state index in [9.17, 15) is 0 Å². The molecule has 0 fully saturated rings. The smallest absolute Gasteiger partial charge is 0.233 e. The molecule has 0 atom stereocenters. The molecule has 2 nitrogen and oxygen atoms in total. The van der Waals surface area contributed by atoms with Crippen LogP contribution in [0.4, 0.5) is 0 Å². The number of aryl methyl sites for hydroxylation is 2. The fraction of sp³-hybridized carbons (Fsp3) is 0.0938. The van der Waals surface area contributed by atoms with Crippen molar-refractivity contribution in [3.8, 4) is 0 Å². The summed E-state index contributed by atoms with van der Waals surface area (Å²) < 4.78 is 2.25. The lowest BCUT2D eigenvalue weighted by molar-refractivity contribution is 0.668. The monoisotopic (exact) mass is 454 g/mol. The maximum Gasteiger partial charge on any atom is 0.233 e. The van der Waals surface area contributed by atoms with E-state index in [1.54, 1.807) is 0 Å². The molecular weight excluding hydrogens is 423 g/mol. The van der Waals surface area contributed by atoms with E-state index in [2.05, 4.69) is 125 Å². The quantitative estimate of drug-likeness (QED) is 0.274. The highest BCUT2D eigenvalue weighted by Gasteiger charge is 2.13. The van der Waals surface area contributed by atoms with Gasteiger partial charge in [0.15, 0.2) is 0 Å². The first-order valence-electron chi connectivity index (χ1n) is 12.1. The number of hydrogen-bond donors (Lipinski definition) is 0. The van der Waals surface area contributed by atoms with Crippen molar-refractivity contribution in [3.63, 3.8) is 0 Å². The minimum Gasteiger partial charge on any atom is -0.334 e. The van der Waals surface area contributed by atoms with Crippen LogP contribution in [-0.2, 0) is 19.4 Å². The second kappa shape index (κ2) is 13.0. The summed E-state index contributed by atoms with van der Waals surface area (Å²) in [6.45, 7) is 5.19.